The second-order valence-electron chi connectivity index (χ2n) is 6.43. The van der Waals surface area contributed by atoms with Gasteiger partial charge in [-0.2, -0.15) is 0 Å². The molecule has 1 heterocycles. The van der Waals surface area contributed by atoms with Crippen LogP contribution < -0.4 is 10.6 Å². The van der Waals surface area contributed by atoms with Gasteiger partial charge in [-0.1, -0.05) is 37.6 Å². The molecule has 2 N–H and O–H groups in total. The molecule has 0 aliphatic rings. The number of hydrogen-bond acceptors (Lipinski definition) is 4. The second-order valence-corrected chi connectivity index (χ2v) is 6.87. The molecule has 6 heteroatoms. The van der Waals surface area contributed by atoms with Crippen molar-refractivity contribution in [1.29, 1.82) is 0 Å². The van der Waals surface area contributed by atoms with Crippen LogP contribution in [0.1, 0.15) is 42.1 Å². The molecule has 0 aliphatic heterocycles. The summed E-state index contributed by atoms with van der Waals surface area (Å²) in [5.74, 6) is 1.69. The summed E-state index contributed by atoms with van der Waals surface area (Å²) in [6, 6.07) is 9.33. The fourth-order valence-corrected chi connectivity index (χ4v) is 2.58. The minimum Gasteiger partial charge on any atom is -0.370 e. The number of nitrogens with zero attached hydrogens (tertiary/aromatic N) is 2. The van der Waals surface area contributed by atoms with Crippen molar-refractivity contribution in [3.63, 3.8) is 0 Å². The third-order valence-electron chi connectivity index (χ3n) is 3.69. The lowest BCUT2D eigenvalue weighted by atomic mass is 10.1. The normalized spacial score (nSPS) is 10.8. The lowest BCUT2D eigenvalue weighted by Crippen LogP contribution is -2.27. The topological polar surface area (TPSA) is 66.9 Å². The lowest BCUT2D eigenvalue weighted by molar-refractivity contribution is 0.0949. The van der Waals surface area contributed by atoms with Crippen LogP contribution in [0.3, 0.4) is 0 Å². The fourth-order valence-electron chi connectivity index (χ4n) is 2.37. The number of benzene rings is 1. The number of nitrogens with one attached hydrogen (secondary N) is 2. The van der Waals surface area contributed by atoms with Gasteiger partial charge in [0.1, 0.15) is 17.3 Å². The Morgan fingerprint density at radius 2 is 2.00 bits per heavy atom. The summed E-state index contributed by atoms with van der Waals surface area (Å²) in [4.78, 5) is 20.9. The standard InChI is InChI=1S/C19H25ClN4O/c1-13(2)7-9-21-18-12-17(23-14(3)24-18)19(25)22-10-8-15-5-4-6-16(20)11-15/h4-6,11-13H,7-10H2,1-3H3,(H,22,25)(H,21,23,24). The average Bonchev–Trinajstić information content (AvgIpc) is 2.54. The van der Waals surface area contributed by atoms with E-state index in [1.807, 2.05) is 24.3 Å². The van der Waals surface area contributed by atoms with Crippen molar-refractivity contribution in [2.45, 2.75) is 33.6 Å². The monoisotopic (exact) mass is 360 g/mol. The second kappa shape index (κ2) is 9.37. The van der Waals surface area contributed by atoms with Crippen molar-refractivity contribution in [1.82, 2.24) is 15.3 Å². The summed E-state index contributed by atoms with van der Waals surface area (Å²) >= 11 is 5.97. The van der Waals surface area contributed by atoms with Crippen molar-refractivity contribution in [3.8, 4) is 0 Å². The molecule has 0 bridgehead atoms. The predicted octanol–water partition coefficient (Wildman–Crippen LogP) is 3.87. The van der Waals surface area contributed by atoms with E-state index in [4.69, 9.17) is 11.6 Å². The zero-order valence-corrected chi connectivity index (χ0v) is 15.7. The first-order valence-electron chi connectivity index (χ1n) is 8.56. The molecule has 0 fully saturated rings. The number of halogens is 1. The van der Waals surface area contributed by atoms with Gasteiger partial charge in [0.05, 0.1) is 0 Å². The first-order chi connectivity index (χ1) is 11.9. The molecular weight excluding hydrogens is 336 g/mol. The van der Waals surface area contributed by atoms with Crippen LogP contribution in [0.4, 0.5) is 5.82 Å². The Morgan fingerprint density at radius 3 is 2.72 bits per heavy atom. The highest BCUT2D eigenvalue weighted by molar-refractivity contribution is 6.30. The molecule has 0 spiro atoms. The molecule has 25 heavy (non-hydrogen) atoms. The van der Waals surface area contributed by atoms with Crippen molar-refractivity contribution in [2.75, 3.05) is 18.4 Å². The molecule has 0 atom stereocenters. The molecule has 1 amide bonds. The highest BCUT2D eigenvalue weighted by Crippen LogP contribution is 2.11. The Hall–Kier alpha value is -2.14. The van der Waals surface area contributed by atoms with E-state index in [2.05, 4.69) is 34.4 Å². The third-order valence-corrected chi connectivity index (χ3v) is 3.92. The van der Waals surface area contributed by atoms with E-state index in [-0.39, 0.29) is 5.91 Å². The zero-order valence-electron chi connectivity index (χ0n) is 15.0. The number of aromatic nitrogens is 2. The quantitative estimate of drug-likeness (QED) is 0.749. The van der Waals surface area contributed by atoms with Crippen LogP contribution in [0.2, 0.25) is 5.02 Å². The SMILES string of the molecule is Cc1nc(NCCC(C)C)cc(C(=O)NCCc2cccc(Cl)c2)n1. The van der Waals surface area contributed by atoms with Gasteiger partial charge < -0.3 is 10.6 Å². The number of rotatable bonds is 8. The molecule has 0 saturated heterocycles. The van der Waals surface area contributed by atoms with E-state index in [0.717, 1.165) is 24.9 Å². The number of anilines is 1. The molecule has 0 unspecified atom stereocenters. The van der Waals surface area contributed by atoms with Crippen LogP contribution in [0.25, 0.3) is 0 Å². The number of aryl methyl sites for hydroxylation is 1. The smallest absolute Gasteiger partial charge is 0.270 e. The molecule has 0 aliphatic carbocycles. The van der Waals surface area contributed by atoms with Crippen molar-refractivity contribution in [3.05, 3.63) is 52.4 Å². The molecule has 1 aromatic heterocycles. The Kier molecular flexibility index (Phi) is 7.19. The van der Waals surface area contributed by atoms with E-state index < -0.39 is 0 Å². The van der Waals surface area contributed by atoms with Crippen LogP contribution in [0.15, 0.2) is 30.3 Å². The number of carbonyl (C=O) groups is 1. The fraction of sp³-hybridized carbons (Fsp3) is 0.421. The maximum Gasteiger partial charge on any atom is 0.270 e. The highest BCUT2D eigenvalue weighted by atomic mass is 35.5. The Labute approximate surface area is 154 Å². The van der Waals surface area contributed by atoms with Gasteiger partial charge in [0.2, 0.25) is 0 Å². The summed E-state index contributed by atoms with van der Waals surface area (Å²) in [5, 5.41) is 6.85. The molecule has 1 aromatic carbocycles. The van der Waals surface area contributed by atoms with Gasteiger partial charge in [0, 0.05) is 24.2 Å². The van der Waals surface area contributed by atoms with E-state index in [9.17, 15) is 4.79 Å². The Morgan fingerprint density at radius 1 is 1.20 bits per heavy atom. The predicted molar refractivity (Wildman–Crippen MR) is 102 cm³/mol. The van der Waals surface area contributed by atoms with Gasteiger partial charge in [-0.15, -0.1) is 0 Å². The van der Waals surface area contributed by atoms with Gasteiger partial charge in [-0.25, -0.2) is 9.97 Å². The van der Waals surface area contributed by atoms with Gasteiger partial charge in [-0.3, -0.25) is 4.79 Å². The molecule has 0 saturated carbocycles. The summed E-state index contributed by atoms with van der Waals surface area (Å²) in [5.41, 5.74) is 1.47. The number of carbonyl (C=O) groups excluding carboxylic acids is 1. The van der Waals surface area contributed by atoms with Crippen LogP contribution in [0.5, 0.6) is 0 Å². The lowest BCUT2D eigenvalue weighted by Gasteiger charge is -2.10. The summed E-state index contributed by atoms with van der Waals surface area (Å²) < 4.78 is 0. The first-order valence-corrected chi connectivity index (χ1v) is 8.94. The van der Waals surface area contributed by atoms with Crippen molar-refractivity contribution >= 4 is 23.3 Å². The Bertz CT molecular complexity index is 718. The minimum atomic E-state index is -0.195. The molecule has 5 nitrogen and oxygen atoms in total. The van der Waals surface area contributed by atoms with E-state index >= 15 is 0 Å². The first kappa shape index (κ1) is 19.2. The molecule has 2 aromatic rings. The molecule has 0 radical (unpaired) electrons. The maximum atomic E-state index is 12.3. The summed E-state index contributed by atoms with van der Waals surface area (Å²) in [6.07, 6.45) is 1.76. The molecular formula is C19H25ClN4O. The average molecular weight is 361 g/mol. The number of amides is 1. The summed E-state index contributed by atoms with van der Waals surface area (Å²) in [7, 11) is 0. The van der Waals surface area contributed by atoms with Crippen molar-refractivity contribution in [2.24, 2.45) is 5.92 Å². The van der Waals surface area contributed by atoms with Gasteiger partial charge in [-0.05, 0) is 43.4 Å². The zero-order chi connectivity index (χ0) is 18.2. The van der Waals surface area contributed by atoms with Crippen molar-refractivity contribution < 1.29 is 4.79 Å². The molecule has 2 rings (SSSR count). The van der Waals surface area contributed by atoms with Gasteiger partial charge >= 0.3 is 0 Å². The largest absolute Gasteiger partial charge is 0.370 e. The van der Waals surface area contributed by atoms with Crippen LogP contribution >= 0.6 is 11.6 Å². The van der Waals surface area contributed by atoms with Crippen LogP contribution in [-0.2, 0) is 6.42 Å². The van der Waals surface area contributed by atoms with E-state index in [0.29, 0.717) is 34.8 Å². The highest BCUT2D eigenvalue weighted by Gasteiger charge is 2.10. The van der Waals surface area contributed by atoms with Crippen LogP contribution in [-0.4, -0.2) is 29.0 Å². The van der Waals surface area contributed by atoms with Crippen LogP contribution in [0, 0.1) is 12.8 Å². The molecule has 134 valence electrons. The maximum absolute atomic E-state index is 12.3. The van der Waals surface area contributed by atoms with E-state index in [1.54, 1.807) is 13.0 Å². The van der Waals surface area contributed by atoms with E-state index in [1.165, 1.54) is 0 Å². The van der Waals surface area contributed by atoms with Gasteiger partial charge in [0.15, 0.2) is 0 Å². The Balaban J connectivity index is 1.90. The number of hydrogen-bond donors (Lipinski definition) is 2. The minimum absolute atomic E-state index is 0.195. The third kappa shape index (κ3) is 6.70. The summed E-state index contributed by atoms with van der Waals surface area (Å²) in [6.45, 7) is 7.48. The van der Waals surface area contributed by atoms with Gasteiger partial charge in [0.25, 0.3) is 5.91 Å².